The monoisotopic (exact) mass is 637 g/mol. The molecule has 6 heterocycles. The van der Waals surface area contributed by atoms with Crippen LogP contribution in [0.3, 0.4) is 0 Å². The molecular formula is C20H24N13O10P. The quantitative estimate of drug-likeness (QED) is 0.0443. The van der Waals surface area contributed by atoms with Crippen LogP contribution in [-0.4, -0.2) is 109 Å². The fourth-order valence-electron chi connectivity index (χ4n) is 5.04. The van der Waals surface area contributed by atoms with E-state index in [9.17, 15) is 29.6 Å². The Morgan fingerprint density at radius 3 is 2.50 bits per heavy atom. The molecule has 44 heavy (non-hydrogen) atoms. The van der Waals surface area contributed by atoms with Gasteiger partial charge in [0.15, 0.2) is 35.1 Å². The van der Waals surface area contributed by atoms with Crippen LogP contribution < -0.4 is 17.0 Å². The molecule has 9 atom stereocenters. The number of aromatic nitrogens is 8. The van der Waals surface area contributed by atoms with Crippen molar-refractivity contribution in [3.8, 4) is 0 Å². The van der Waals surface area contributed by atoms with Gasteiger partial charge in [-0.3, -0.25) is 28.0 Å². The van der Waals surface area contributed by atoms with Crippen molar-refractivity contribution in [2.75, 3.05) is 24.7 Å². The molecule has 0 spiro atoms. The van der Waals surface area contributed by atoms with Crippen LogP contribution >= 0.6 is 7.82 Å². The van der Waals surface area contributed by atoms with Crippen LogP contribution in [0.25, 0.3) is 32.8 Å². The number of anilines is 2. The number of azide groups is 1. The van der Waals surface area contributed by atoms with E-state index < -0.39 is 75.6 Å². The normalized spacial score (nSPS) is 30.1. The number of phosphoric ester groups is 1. The number of nitrogen functional groups attached to an aromatic ring is 2. The number of aliphatic hydroxyl groups is 3. The van der Waals surface area contributed by atoms with Gasteiger partial charge in [-0.05, 0) is 5.53 Å². The molecule has 2 fully saturated rings. The van der Waals surface area contributed by atoms with E-state index in [1.807, 2.05) is 0 Å². The summed E-state index contributed by atoms with van der Waals surface area (Å²) in [6.45, 7) is -1.46. The van der Waals surface area contributed by atoms with Gasteiger partial charge in [0, 0.05) is 4.91 Å². The van der Waals surface area contributed by atoms with Gasteiger partial charge in [0.2, 0.25) is 5.95 Å². The molecule has 0 amide bonds. The molecule has 9 N–H and O–H groups in total. The molecule has 0 saturated carbocycles. The van der Waals surface area contributed by atoms with E-state index in [-0.39, 0.29) is 34.1 Å². The number of hydrogen-bond donors (Lipinski definition) is 7. The second-order valence-corrected chi connectivity index (χ2v) is 11.1. The Bertz CT molecular complexity index is 1860. The van der Waals surface area contributed by atoms with Crippen molar-refractivity contribution in [2.45, 2.75) is 49.0 Å². The van der Waals surface area contributed by atoms with Gasteiger partial charge in [-0.1, -0.05) is 5.11 Å². The van der Waals surface area contributed by atoms with Crippen LogP contribution in [-0.2, 0) is 23.1 Å². The summed E-state index contributed by atoms with van der Waals surface area (Å²) in [5.41, 5.74) is 20.1. The van der Waals surface area contributed by atoms with Crippen molar-refractivity contribution < 1.29 is 43.3 Å². The number of hydrogen-bond acceptors (Lipinski definition) is 17. The fraction of sp³-hybridized carbons (Fsp3) is 0.500. The minimum absolute atomic E-state index is 0.0754. The van der Waals surface area contributed by atoms with Crippen LogP contribution in [0.1, 0.15) is 12.5 Å². The lowest BCUT2D eigenvalue weighted by atomic mass is 10.1. The van der Waals surface area contributed by atoms with E-state index in [0.717, 1.165) is 10.9 Å². The molecule has 0 bridgehead atoms. The number of rotatable bonds is 9. The summed E-state index contributed by atoms with van der Waals surface area (Å²) >= 11 is 0. The second-order valence-electron chi connectivity index (χ2n) is 9.68. The summed E-state index contributed by atoms with van der Waals surface area (Å²) < 4.78 is 37.6. The Morgan fingerprint density at radius 1 is 1.07 bits per heavy atom. The van der Waals surface area contributed by atoms with Crippen molar-refractivity contribution in [1.82, 2.24) is 39.0 Å². The summed E-state index contributed by atoms with van der Waals surface area (Å²) in [6.07, 6.45) is -6.41. The molecule has 4 aromatic heterocycles. The summed E-state index contributed by atoms with van der Waals surface area (Å²) in [5.74, 6) is -0.192. The zero-order valence-corrected chi connectivity index (χ0v) is 23.0. The van der Waals surface area contributed by atoms with Crippen molar-refractivity contribution in [3.05, 3.63) is 39.8 Å². The first-order valence-electron chi connectivity index (χ1n) is 12.7. The Labute approximate surface area is 243 Å². The molecule has 0 radical (unpaired) electrons. The van der Waals surface area contributed by atoms with Gasteiger partial charge >= 0.3 is 7.82 Å². The van der Waals surface area contributed by atoms with Gasteiger partial charge in [0.05, 0.1) is 38.0 Å². The maximum absolute atomic E-state index is 13.2. The second kappa shape index (κ2) is 11.3. The summed E-state index contributed by atoms with van der Waals surface area (Å²) in [5, 5.41) is 34.7. The van der Waals surface area contributed by atoms with Gasteiger partial charge in [-0.2, -0.15) is 4.98 Å². The van der Waals surface area contributed by atoms with Crippen LogP contribution in [0.4, 0.5) is 11.8 Å². The number of phosphoric acid groups is 1. The maximum Gasteiger partial charge on any atom is 0.472 e. The number of imidazole rings is 2. The van der Waals surface area contributed by atoms with E-state index >= 15 is 0 Å². The van der Waals surface area contributed by atoms with Crippen molar-refractivity contribution in [2.24, 2.45) is 5.11 Å². The third kappa shape index (κ3) is 5.11. The van der Waals surface area contributed by atoms with E-state index in [2.05, 4.69) is 39.9 Å². The highest BCUT2D eigenvalue weighted by atomic mass is 31.2. The number of nitrogens with zero attached hydrogens (tertiary/aromatic N) is 10. The number of aromatic amines is 1. The highest BCUT2D eigenvalue weighted by Crippen LogP contribution is 2.50. The van der Waals surface area contributed by atoms with Gasteiger partial charge in [0.1, 0.15) is 36.3 Å². The standard InChI is InChI=1S/C20H24N13O10P/c21-14-9-15(25-3-24-14)32(4-26-9)18-12(36)11(35)7(42-18)2-40-44(38,39)43-13-8(30-31-23)6(1-34)41-19(13)33-5-27-10-16(33)28-20(22)29-17(10)37/h3-8,11-13,18-19,34-36H,1-2H2,(H,38,39)(H2,21,24,25)(H3,22,28,29,37)/t6-,7-,8?,11-,12-,13-,18-,19-/m1/s1. The number of nitrogens with one attached hydrogen (secondary N) is 1. The Hall–Kier alpha value is -4.28. The Kier molecular flexibility index (Phi) is 7.67. The largest absolute Gasteiger partial charge is 0.472 e. The molecule has 23 nitrogen and oxygen atoms in total. The number of nitrogens with two attached hydrogens (primary N) is 2. The van der Waals surface area contributed by atoms with Crippen molar-refractivity contribution >= 4 is 41.9 Å². The van der Waals surface area contributed by atoms with E-state index in [4.69, 9.17) is 35.5 Å². The average Bonchev–Trinajstić information content (AvgIpc) is 3.74. The smallest absolute Gasteiger partial charge is 0.394 e. The molecule has 2 aliphatic rings. The Morgan fingerprint density at radius 2 is 1.77 bits per heavy atom. The minimum Gasteiger partial charge on any atom is -0.394 e. The molecule has 6 rings (SSSR count). The van der Waals surface area contributed by atoms with E-state index in [1.165, 1.54) is 17.2 Å². The lowest BCUT2D eigenvalue weighted by molar-refractivity contribution is -0.0615. The zero-order chi connectivity index (χ0) is 31.3. The lowest BCUT2D eigenvalue weighted by Crippen LogP contribution is -2.35. The van der Waals surface area contributed by atoms with Gasteiger partial charge in [-0.15, -0.1) is 0 Å². The summed E-state index contributed by atoms with van der Waals surface area (Å²) in [7, 11) is -5.10. The average molecular weight is 637 g/mol. The number of H-pyrrole nitrogens is 1. The third-order valence-electron chi connectivity index (χ3n) is 7.06. The molecular weight excluding hydrogens is 613 g/mol. The van der Waals surface area contributed by atoms with Crippen LogP contribution in [0, 0.1) is 0 Å². The van der Waals surface area contributed by atoms with Gasteiger partial charge < -0.3 is 41.2 Å². The molecule has 2 unspecified atom stereocenters. The zero-order valence-electron chi connectivity index (χ0n) is 22.1. The first-order valence-corrected chi connectivity index (χ1v) is 14.2. The lowest BCUT2D eigenvalue weighted by Gasteiger charge is -2.25. The summed E-state index contributed by atoms with van der Waals surface area (Å²) in [6, 6.07) is -1.38. The molecule has 24 heteroatoms. The molecule has 0 aromatic carbocycles. The van der Waals surface area contributed by atoms with Crippen molar-refractivity contribution in [3.63, 3.8) is 0 Å². The molecule has 0 aliphatic carbocycles. The first-order chi connectivity index (χ1) is 21.0. The highest BCUT2D eigenvalue weighted by molar-refractivity contribution is 7.47. The van der Waals surface area contributed by atoms with Gasteiger partial charge in [0.25, 0.3) is 5.56 Å². The topological polar surface area (TPSA) is 343 Å². The van der Waals surface area contributed by atoms with E-state index in [0.29, 0.717) is 0 Å². The Balaban J connectivity index is 1.22. The van der Waals surface area contributed by atoms with Crippen molar-refractivity contribution in [1.29, 1.82) is 0 Å². The molecule has 4 aromatic rings. The number of fused-ring (bicyclic) bond motifs is 2. The molecule has 2 saturated heterocycles. The first kappa shape index (κ1) is 29.8. The number of ether oxygens (including phenoxy) is 2. The maximum atomic E-state index is 13.2. The van der Waals surface area contributed by atoms with Crippen LogP contribution in [0.2, 0.25) is 0 Å². The predicted molar refractivity (Wildman–Crippen MR) is 143 cm³/mol. The fourth-order valence-corrected chi connectivity index (χ4v) is 5.97. The van der Waals surface area contributed by atoms with Gasteiger partial charge in [-0.25, -0.2) is 24.5 Å². The van der Waals surface area contributed by atoms with Crippen LogP contribution in [0.15, 0.2) is 28.9 Å². The molecule has 2 aliphatic heterocycles. The minimum atomic E-state index is -5.10. The summed E-state index contributed by atoms with van der Waals surface area (Å²) in [4.78, 5) is 47.9. The van der Waals surface area contributed by atoms with E-state index in [1.54, 1.807) is 0 Å². The molecule has 234 valence electrons. The SMILES string of the molecule is [N-]=[N+]=NC1[C@@H](OP(=O)(O)OC[C@H]2O[C@@H](n3cnc4c(N)ncnc43)[C@H](O)[C@@H]2O)[C@H](n2cnc3c(=O)[nH]c(N)nc32)O[C@@H]1CO. The highest BCUT2D eigenvalue weighted by Gasteiger charge is 2.51. The van der Waals surface area contributed by atoms with Crippen LogP contribution in [0.5, 0.6) is 0 Å². The third-order valence-corrected chi connectivity index (χ3v) is 8.04. The predicted octanol–water partition coefficient (Wildman–Crippen LogP) is -2.19. The number of aliphatic hydroxyl groups excluding tert-OH is 3.